The summed E-state index contributed by atoms with van der Waals surface area (Å²) < 4.78 is 50.5. The third-order valence-electron chi connectivity index (χ3n) is 3.11. The predicted molar refractivity (Wildman–Crippen MR) is 80.9 cm³/mol. The van der Waals surface area contributed by atoms with Crippen LogP contribution in [0.15, 0.2) is 17.3 Å². The molecule has 1 aliphatic heterocycles. The van der Waals surface area contributed by atoms with Gasteiger partial charge in [0, 0.05) is 23.8 Å². The van der Waals surface area contributed by atoms with Crippen LogP contribution in [0.25, 0.3) is 0 Å². The van der Waals surface area contributed by atoms with Crippen molar-refractivity contribution in [2.75, 3.05) is 29.5 Å². The van der Waals surface area contributed by atoms with E-state index < -0.39 is 25.2 Å². The van der Waals surface area contributed by atoms with Crippen LogP contribution in [-0.2, 0) is 19.9 Å². The molecule has 1 atom stereocenters. The summed E-state index contributed by atoms with van der Waals surface area (Å²) in [7, 11) is -7.47. The molecule has 1 unspecified atom stereocenters. The number of hydrogen-bond acceptors (Lipinski definition) is 8. The van der Waals surface area contributed by atoms with Crippen LogP contribution in [-0.4, -0.2) is 60.3 Å². The highest BCUT2D eigenvalue weighted by Gasteiger charge is 2.40. The Labute approximate surface area is 128 Å². The number of nitrogen functional groups attached to an aromatic ring is 1. The van der Waals surface area contributed by atoms with E-state index in [-0.39, 0.29) is 28.9 Å². The van der Waals surface area contributed by atoms with Crippen molar-refractivity contribution >= 4 is 37.6 Å². The first-order chi connectivity index (χ1) is 9.79. The second-order valence-electron chi connectivity index (χ2n) is 4.37. The lowest BCUT2D eigenvalue weighted by atomic mass is 10.6. The number of rotatable bonds is 4. The Morgan fingerprint density at radius 3 is 2.52 bits per heavy atom. The van der Waals surface area contributed by atoms with E-state index in [4.69, 9.17) is 5.73 Å². The molecule has 2 rings (SSSR count). The zero-order valence-electron chi connectivity index (χ0n) is 11.3. The van der Waals surface area contributed by atoms with E-state index in [1.54, 1.807) is 0 Å². The third kappa shape index (κ3) is 3.30. The molecule has 0 saturated carbocycles. The first-order valence-electron chi connectivity index (χ1n) is 6.17. The molecule has 0 bridgehead atoms. The van der Waals surface area contributed by atoms with E-state index in [0.717, 1.165) is 16.7 Å². The van der Waals surface area contributed by atoms with E-state index >= 15 is 0 Å². The van der Waals surface area contributed by atoms with Gasteiger partial charge in [-0.05, 0) is 0 Å². The Morgan fingerprint density at radius 2 is 1.95 bits per heavy atom. The van der Waals surface area contributed by atoms with Gasteiger partial charge in [-0.3, -0.25) is 0 Å². The van der Waals surface area contributed by atoms with Crippen LogP contribution in [0.2, 0.25) is 0 Å². The number of nitrogens with two attached hydrogens (primary N) is 1. The lowest BCUT2D eigenvalue weighted by molar-refractivity contribution is 0.403. The minimum atomic E-state index is -3.96. The van der Waals surface area contributed by atoms with Gasteiger partial charge in [0.1, 0.15) is 10.3 Å². The van der Waals surface area contributed by atoms with Crippen LogP contribution in [0.4, 0.5) is 5.95 Å². The smallest absolute Gasteiger partial charge is 0.247 e. The first kappa shape index (κ1) is 16.5. The number of aromatic nitrogens is 2. The Kier molecular flexibility index (Phi) is 4.76. The van der Waals surface area contributed by atoms with Crippen molar-refractivity contribution < 1.29 is 16.8 Å². The number of sulfone groups is 1. The quantitative estimate of drug-likeness (QED) is 0.773. The predicted octanol–water partition coefficient (Wildman–Crippen LogP) is -0.443. The molecule has 1 aromatic heterocycles. The van der Waals surface area contributed by atoms with E-state index in [2.05, 4.69) is 9.97 Å². The molecule has 118 valence electrons. The van der Waals surface area contributed by atoms with Gasteiger partial charge in [-0.25, -0.2) is 26.8 Å². The molecular weight excluding hydrogens is 336 g/mol. The zero-order chi connectivity index (χ0) is 15.7. The van der Waals surface area contributed by atoms with Gasteiger partial charge in [0.2, 0.25) is 16.0 Å². The third-order valence-corrected chi connectivity index (χ3v) is 8.39. The zero-order valence-corrected chi connectivity index (χ0v) is 13.8. The molecule has 21 heavy (non-hydrogen) atoms. The SMILES string of the molecule is CCS(=O)(=O)C1CSCCN1S(=O)(=O)c1cnc(N)nc1. The minimum absolute atomic E-state index is 0.0409. The van der Waals surface area contributed by atoms with Crippen LogP contribution < -0.4 is 5.73 Å². The summed E-state index contributed by atoms with van der Waals surface area (Å²) in [4.78, 5) is 7.15. The molecule has 1 aliphatic rings. The fourth-order valence-corrected chi connectivity index (χ4v) is 7.05. The topological polar surface area (TPSA) is 123 Å². The van der Waals surface area contributed by atoms with Crippen molar-refractivity contribution in [2.45, 2.75) is 17.2 Å². The fraction of sp³-hybridized carbons (Fsp3) is 0.600. The first-order valence-corrected chi connectivity index (χ1v) is 10.5. The summed E-state index contributed by atoms with van der Waals surface area (Å²) in [6.45, 7) is 1.65. The van der Waals surface area contributed by atoms with Gasteiger partial charge in [-0.1, -0.05) is 6.92 Å². The maximum Gasteiger partial charge on any atom is 0.247 e. The lowest BCUT2D eigenvalue weighted by Crippen LogP contribution is -2.50. The standard InChI is InChI=1S/C10H16N4O4S3/c1-2-20(15,16)9-7-19-4-3-14(9)21(17,18)8-5-12-10(11)13-6-8/h5-6,9H,2-4,7H2,1H3,(H2,11,12,13). The highest BCUT2D eigenvalue weighted by Crippen LogP contribution is 2.27. The second kappa shape index (κ2) is 6.07. The Balaban J connectivity index is 2.43. The Morgan fingerprint density at radius 1 is 1.33 bits per heavy atom. The van der Waals surface area contributed by atoms with Crippen molar-refractivity contribution in [2.24, 2.45) is 0 Å². The number of nitrogens with zero attached hydrogens (tertiary/aromatic N) is 3. The molecule has 0 radical (unpaired) electrons. The Hall–Kier alpha value is -0.910. The number of thioether (sulfide) groups is 1. The van der Waals surface area contributed by atoms with Crippen LogP contribution in [0.1, 0.15) is 6.92 Å². The summed E-state index contributed by atoms with van der Waals surface area (Å²) >= 11 is 1.43. The molecule has 1 saturated heterocycles. The molecule has 2 N–H and O–H groups in total. The normalized spacial score (nSPS) is 21.3. The molecule has 1 aromatic rings. The molecule has 8 nitrogen and oxygen atoms in total. The molecule has 1 fully saturated rings. The van der Waals surface area contributed by atoms with Crippen LogP contribution in [0.5, 0.6) is 0 Å². The summed E-state index contributed by atoms with van der Waals surface area (Å²) in [6, 6.07) is 0. The maximum absolute atomic E-state index is 12.6. The maximum atomic E-state index is 12.6. The number of hydrogen-bond donors (Lipinski definition) is 1. The molecular formula is C10H16N4O4S3. The van der Waals surface area contributed by atoms with Gasteiger partial charge < -0.3 is 5.73 Å². The number of anilines is 1. The molecule has 0 spiro atoms. The molecule has 0 amide bonds. The molecule has 0 aromatic carbocycles. The molecule has 0 aliphatic carbocycles. The van der Waals surface area contributed by atoms with Crippen LogP contribution in [0, 0.1) is 0 Å². The van der Waals surface area contributed by atoms with Gasteiger partial charge in [0.15, 0.2) is 9.84 Å². The fourth-order valence-electron chi connectivity index (χ4n) is 1.91. The summed E-state index contributed by atoms with van der Waals surface area (Å²) in [5.41, 5.74) is 5.34. The van der Waals surface area contributed by atoms with Crippen LogP contribution >= 0.6 is 11.8 Å². The average Bonchev–Trinajstić information content (AvgIpc) is 2.47. The number of sulfonamides is 1. The molecule has 2 heterocycles. The summed E-state index contributed by atoms with van der Waals surface area (Å²) in [5, 5.41) is -1.05. The monoisotopic (exact) mass is 352 g/mol. The molecule has 11 heteroatoms. The van der Waals surface area contributed by atoms with Gasteiger partial charge >= 0.3 is 0 Å². The van der Waals surface area contributed by atoms with Crippen molar-refractivity contribution in [1.82, 2.24) is 14.3 Å². The van der Waals surface area contributed by atoms with E-state index in [1.165, 1.54) is 18.7 Å². The van der Waals surface area contributed by atoms with Gasteiger partial charge in [0.25, 0.3) is 0 Å². The average molecular weight is 352 g/mol. The van der Waals surface area contributed by atoms with Crippen molar-refractivity contribution in [1.29, 1.82) is 0 Å². The lowest BCUT2D eigenvalue weighted by Gasteiger charge is -2.33. The van der Waals surface area contributed by atoms with E-state index in [0.29, 0.717) is 5.75 Å². The van der Waals surface area contributed by atoms with E-state index in [1.807, 2.05) is 0 Å². The largest absolute Gasteiger partial charge is 0.368 e. The van der Waals surface area contributed by atoms with Gasteiger partial charge in [-0.2, -0.15) is 16.1 Å². The summed E-state index contributed by atoms with van der Waals surface area (Å²) in [5.74, 6) is 0.624. The summed E-state index contributed by atoms with van der Waals surface area (Å²) in [6.07, 6.45) is 2.18. The van der Waals surface area contributed by atoms with Crippen molar-refractivity contribution in [3.63, 3.8) is 0 Å². The van der Waals surface area contributed by atoms with Crippen molar-refractivity contribution in [3.8, 4) is 0 Å². The van der Waals surface area contributed by atoms with Crippen molar-refractivity contribution in [3.05, 3.63) is 12.4 Å². The van der Waals surface area contributed by atoms with Gasteiger partial charge in [-0.15, -0.1) is 0 Å². The minimum Gasteiger partial charge on any atom is -0.368 e. The highest BCUT2D eigenvalue weighted by molar-refractivity contribution is 8.01. The van der Waals surface area contributed by atoms with Crippen LogP contribution in [0.3, 0.4) is 0 Å². The highest BCUT2D eigenvalue weighted by atomic mass is 32.2. The van der Waals surface area contributed by atoms with E-state index in [9.17, 15) is 16.8 Å². The van der Waals surface area contributed by atoms with Gasteiger partial charge in [0.05, 0.1) is 12.4 Å². The Bertz CT molecular complexity index is 702. The second-order valence-corrected chi connectivity index (χ2v) is 9.86.